The highest BCUT2D eigenvalue weighted by Gasteiger charge is 2.15. The van der Waals surface area contributed by atoms with E-state index in [9.17, 15) is 4.79 Å². The average Bonchev–Trinajstić information content (AvgIpc) is 2.38. The smallest absolute Gasteiger partial charge is 0.129 e. The van der Waals surface area contributed by atoms with Gasteiger partial charge in [-0.25, -0.2) is 0 Å². The molecule has 1 unspecified atom stereocenters. The monoisotopic (exact) mass is 248 g/mol. The van der Waals surface area contributed by atoms with E-state index in [2.05, 4.69) is 26.0 Å². The summed E-state index contributed by atoms with van der Waals surface area (Å²) in [5.74, 6) is 1.62. The third kappa shape index (κ3) is 3.86. The fourth-order valence-electron chi connectivity index (χ4n) is 2.28. The molecule has 0 amide bonds. The molecule has 0 N–H and O–H groups in total. The van der Waals surface area contributed by atoms with Crippen LogP contribution in [0.1, 0.15) is 57.1 Å². The number of hydrogen-bond donors (Lipinski definition) is 0. The van der Waals surface area contributed by atoms with Gasteiger partial charge >= 0.3 is 0 Å². The number of Topliss-reactive ketones (excluding diaryl/α,β-unsaturated/α-hetero) is 1. The molecule has 1 aromatic carbocycles. The fraction of sp³-hybridized carbons (Fsp3) is 0.562. The maximum atomic E-state index is 11.1. The predicted octanol–water partition coefficient (Wildman–Crippen LogP) is 4.12. The molecule has 0 aliphatic carbocycles. The molecule has 0 aromatic heterocycles. The lowest BCUT2D eigenvalue weighted by atomic mass is 9.89. The zero-order chi connectivity index (χ0) is 13.5. The maximum Gasteiger partial charge on any atom is 0.129 e. The van der Waals surface area contributed by atoms with Gasteiger partial charge in [0.15, 0.2) is 0 Å². The van der Waals surface area contributed by atoms with Crippen molar-refractivity contribution >= 4 is 5.78 Å². The summed E-state index contributed by atoms with van der Waals surface area (Å²) in [7, 11) is 1.71. The summed E-state index contributed by atoms with van der Waals surface area (Å²) in [5, 5.41) is 0. The van der Waals surface area contributed by atoms with Crippen LogP contribution in [0.4, 0.5) is 0 Å². The van der Waals surface area contributed by atoms with E-state index in [0.29, 0.717) is 12.3 Å². The van der Waals surface area contributed by atoms with Crippen LogP contribution in [0.15, 0.2) is 18.2 Å². The SMILES string of the molecule is CCc1ccc(OC)c(C(CC)CCC(C)=O)c1. The van der Waals surface area contributed by atoms with Crippen LogP contribution in [-0.2, 0) is 11.2 Å². The molecule has 0 aliphatic heterocycles. The summed E-state index contributed by atoms with van der Waals surface area (Å²) in [6.45, 7) is 5.98. The van der Waals surface area contributed by atoms with Crippen LogP contribution in [0.3, 0.4) is 0 Å². The Morgan fingerprint density at radius 2 is 2.06 bits per heavy atom. The summed E-state index contributed by atoms with van der Waals surface area (Å²) in [4.78, 5) is 11.1. The van der Waals surface area contributed by atoms with Gasteiger partial charge in [-0.1, -0.05) is 26.0 Å². The van der Waals surface area contributed by atoms with Gasteiger partial charge < -0.3 is 9.53 Å². The molecule has 0 spiro atoms. The Labute approximate surface area is 110 Å². The van der Waals surface area contributed by atoms with Crippen molar-refractivity contribution in [1.29, 1.82) is 0 Å². The zero-order valence-electron chi connectivity index (χ0n) is 12.0. The van der Waals surface area contributed by atoms with E-state index in [-0.39, 0.29) is 5.78 Å². The lowest BCUT2D eigenvalue weighted by molar-refractivity contribution is -0.117. The molecule has 100 valence electrons. The third-order valence-electron chi connectivity index (χ3n) is 3.48. The Morgan fingerprint density at radius 1 is 1.33 bits per heavy atom. The molecule has 2 nitrogen and oxygen atoms in total. The van der Waals surface area contributed by atoms with Crippen molar-refractivity contribution in [3.05, 3.63) is 29.3 Å². The molecule has 0 saturated carbocycles. The van der Waals surface area contributed by atoms with Crippen molar-refractivity contribution in [1.82, 2.24) is 0 Å². The minimum atomic E-state index is 0.263. The quantitative estimate of drug-likeness (QED) is 0.725. The minimum Gasteiger partial charge on any atom is -0.496 e. The van der Waals surface area contributed by atoms with Crippen LogP contribution in [0.2, 0.25) is 0 Å². The van der Waals surface area contributed by atoms with Crippen molar-refractivity contribution in [2.45, 2.75) is 52.4 Å². The molecule has 1 aromatic rings. The standard InChI is InChI=1S/C16H24O2/c1-5-13-8-10-16(18-4)15(11-13)14(6-2)9-7-12(3)17/h8,10-11,14H,5-7,9H2,1-4H3. The van der Waals surface area contributed by atoms with E-state index in [4.69, 9.17) is 4.74 Å². The van der Waals surface area contributed by atoms with Crippen molar-refractivity contribution < 1.29 is 9.53 Å². The lowest BCUT2D eigenvalue weighted by Gasteiger charge is -2.19. The van der Waals surface area contributed by atoms with Gasteiger partial charge in [0, 0.05) is 6.42 Å². The number of carbonyl (C=O) groups is 1. The van der Waals surface area contributed by atoms with Gasteiger partial charge in [-0.2, -0.15) is 0 Å². The molecular formula is C16H24O2. The number of aryl methyl sites for hydroxylation is 1. The van der Waals surface area contributed by atoms with Crippen LogP contribution < -0.4 is 4.74 Å². The third-order valence-corrected chi connectivity index (χ3v) is 3.48. The average molecular weight is 248 g/mol. The molecule has 18 heavy (non-hydrogen) atoms. The molecule has 0 radical (unpaired) electrons. The van der Waals surface area contributed by atoms with Gasteiger partial charge in [0.05, 0.1) is 7.11 Å². The largest absolute Gasteiger partial charge is 0.496 e. The van der Waals surface area contributed by atoms with E-state index in [1.165, 1.54) is 11.1 Å². The van der Waals surface area contributed by atoms with Crippen molar-refractivity contribution in [2.75, 3.05) is 7.11 Å². The van der Waals surface area contributed by atoms with E-state index in [1.807, 2.05) is 6.07 Å². The van der Waals surface area contributed by atoms with Crippen molar-refractivity contribution in [3.8, 4) is 5.75 Å². The number of methoxy groups -OCH3 is 1. The second-order valence-electron chi connectivity index (χ2n) is 4.78. The number of benzene rings is 1. The second kappa shape index (κ2) is 7.20. The summed E-state index contributed by atoms with van der Waals surface area (Å²) in [6.07, 6.45) is 3.63. The van der Waals surface area contributed by atoms with E-state index >= 15 is 0 Å². The minimum absolute atomic E-state index is 0.263. The Balaban J connectivity index is 2.97. The first kappa shape index (κ1) is 14.7. The summed E-state index contributed by atoms with van der Waals surface area (Å²) in [6, 6.07) is 6.39. The first-order chi connectivity index (χ1) is 8.62. The van der Waals surface area contributed by atoms with Gasteiger partial charge in [0.1, 0.15) is 11.5 Å². The molecule has 0 fully saturated rings. The number of hydrogen-bond acceptors (Lipinski definition) is 2. The van der Waals surface area contributed by atoms with Crippen LogP contribution in [0.5, 0.6) is 5.75 Å². The predicted molar refractivity (Wildman–Crippen MR) is 75.3 cm³/mol. The Bertz CT molecular complexity index is 396. The van der Waals surface area contributed by atoms with Crippen molar-refractivity contribution in [3.63, 3.8) is 0 Å². The summed E-state index contributed by atoms with van der Waals surface area (Å²) in [5.41, 5.74) is 2.58. The first-order valence-electron chi connectivity index (χ1n) is 6.78. The van der Waals surface area contributed by atoms with E-state index in [0.717, 1.165) is 25.0 Å². The van der Waals surface area contributed by atoms with E-state index < -0.39 is 0 Å². The molecule has 0 heterocycles. The van der Waals surface area contributed by atoms with Gasteiger partial charge in [-0.15, -0.1) is 0 Å². The molecule has 1 rings (SSSR count). The molecule has 0 saturated heterocycles. The number of rotatable bonds is 7. The Hall–Kier alpha value is -1.31. The number of ketones is 1. The first-order valence-corrected chi connectivity index (χ1v) is 6.78. The van der Waals surface area contributed by atoms with Gasteiger partial charge in [-0.05, 0) is 49.3 Å². The number of ether oxygens (including phenoxy) is 1. The Kier molecular flexibility index (Phi) is 5.90. The summed E-state index contributed by atoms with van der Waals surface area (Å²) >= 11 is 0. The fourth-order valence-corrected chi connectivity index (χ4v) is 2.28. The van der Waals surface area contributed by atoms with Crippen LogP contribution in [0.25, 0.3) is 0 Å². The summed E-state index contributed by atoms with van der Waals surface area (Å²) < 4.78 is 5.45. The number of carbonyl (C=O) groups excluding carboxylic acids is 1. The van der Waals surface area contributed by atoms with Crippen LogP contribution >= 0.6 is 0 Å². The molecule has 1 atom stereocenters. The Morgan fingerprint density at radius 3 is 2.56 bits per heavy atom. The zero-order valence-corrected chi connectivity index (χ0v) is 12.0. The van der Waals surface area contributed by atoms with Gasteiger partial charge in [0.2, 0.25) is 0 Å². The highest BCUT2D eigenvalue weighted by molar-refractivity contribution is 5.75. The highest BCUT2D eigenvalue weighted by atomic mass is 16.5. The molecule has 0 aliphatic rings. The second-order valence-corrected chi connectivity index (χ2v) is 4.78. The molecular weight excluding hydrogens is 224 g/mol. The van der Waals surface area contributed by atoms with Crippen LogP contribution in [-0.4, -0.2) is 12.9 Å². The molecule has 0 bridgehead atoms. The molecule has 2 heteroatoms. The van der Waals surface area contributed by atoms with Crippen molar-refractivity contribution in [2.24, 2.45) is 0 Å². The lowest BCUT2D eigenvalue weighted by Crippen LogP contribution is -2.04. The highest BCUT2D eigenvalue weighted by Crippen LogP contribution is 2.33. The van der Waals surface area contributed by atoms with E-state index in [1.54, 1.807) is 14.0 Å². The van der Waals surface area contributed by atoms with Gasteiger partial charge in [-0.3, -0.25) is 0 Å². The van der Waals surface area contributed by atoms with Crippen LogP contribution in [0, 0.1) is 0 Å². The topological polar surface area (TPSA) is 26.3 Å². The normalized spacial score (nSPS) is 12.2. The maximum absolute atomic E-state index is 11.1. The van der Waals surface area contributed by atoms with Gasteiger partial charge in [0.25, 0.3) is 0 Å².